The topological polar surface area (TPSA) is 27.7 Å². The molecule has 0 amide bonds. The molecule has 1 aliphatic rings. The molecule has 0 heterocycles. The Kier molecular flexibility index (Phi) is 13.4. The minimum absolute atomic E-state index is 0.112. The van der Waals surface area contributed by atoms with Crippen molar-refractivity contribution in [3.05, 3.63) is 23.5 Å². The zero-order valence-electron chi connectivity index (χ0n) is 27.5. The van der Waals surface area contributed by atoms with Gasteiger partial charge in [-0.05, 0) is 81.2 Å². The Bertz CT molecular complexity index is 829. The van der Waals surface area contributed by atoms with Crippen molar-refractivity contribution in [3.63, 3.8) is 0 Å². The molecule has 3 nitrogen and oxygen atoms in total. The molecule has 0 radical (unpaired) electrons. The highest BCUT2D eigenvalue weighted by molar-refractivity contribution is 6.74. The highest BCUT2D eigenvalue weighted by Crippen LogP contribution is 2.45. The van der Waals surface area contributed by atoms with E-state index < -0.39 is 25.0 Å². The summed E-state index contributed by atoms with van der Waals surface area (Å²) in [6.45, 7) is 30.0. The van der Waals surface area contributed by atoms with Crippen molar-refractivity contribution in [2.45, 2.75) is 162 Å². The zero-order chi connectivity index (χ0) is 29.4. The van der Waals surface area contributed by atoms with Crippen LogP contribution in [0.5, 0.6) is 0 Å². The second-order valence-electron chi connectivity index (χ2n) is 14.2. The molecule has 0 saturated carbocycles. The Labute approximate surface area is 241 Å². The fourth-order valence-corrected chi connectivity index (χ4v) is 11.0. The van der Waals surface area contributed by atoms with Crippen LogP contribution in [0.4, 0.5) is 0 Å². The molecule has 0 aliphatic heterocycles. The summed E-state index contributed by atoms with van der Waals surface area (Å²) in [5.41, 5.74) is 1.14. The standard InChI is InChI=1S/C32H62O3Si3/c1-15-20-24-32(9,35-36(10,11)12)25-21-23-28-27(22-16-2)29(33-37(13,14)31(6,7)8)26-30(28)34-38(17-3,18-4)19-5/h2,21,23,28,30H,15,17-20,22,24-26H2,1,3-14H3. The van der Waals surface area contributed by atoms with Gasteiger partial charge in [-0.25, -0.2) is 0 Å². The Balaban J connectivity index is 3.46. The van der Waals surface area contributed by atoms with E-state index in [1.807, 2.05) is 0 Å². The van der Waals surface area contributed by atoms with Crippen molar-refractivity contribution >= 4 is 25.0 Å². The quantitative estimate of drug-likeness (QED) is 0.104. The monoisotopic (exact) mass is 578 g/mol. The maximum Gasteiger partial charge on any atom is 0.250 e. The first kappa shape index (κ1) is 35.4. The molecule has 1 rings (SSSR count). The van der Waals surface area contributed by atoms with Crippen LogP contribution in [0.1, 0.15) is 93.9 Å². The molecular formula is C32H62O3Si3. The van der Waals surface area contributed by atoms with Crippen molar-refractivity contribution in [2.24, 2.45) is 5.92 Å². The fourth-order valence-electron chi connectivity index (χ4n) is 5.37. The molecule has 220 valence electrons. The lowest BCUT2D eigenvalue weighted by Gasteiger charge is -2.37. The Morgan fingerprint density at radius 3 is 2.00 bits per heavy atom. The van der Waals surface area contributed by atoms with Gasteiger partial charge in [0.1, 0.15) is 0 Å². The van der Waals surface area contributed by atoms with Gasteiger partial charge < -0.3 is 13.3 Å². The summed E-state index contributed by atoms with van der Waals surface area (Å²) in [5.74, 6) is 4.25. The van der Waals surface area contributed by atoms with E-state index in [0.29, 0.717) is 6.42 Å². The SMILES string of the molecule is C#CCC1=C(O[Si](C)(C)C(C)(C)C)CC(O[Si](CC)(CC)CC)C1C=CCC(C)(CCCC)O[Si](C)(C)C. The lowest BCUT2D eigenvalue weighted by atomic mass is 9.92. The van der Waals surface area contributed by atoms with Gasteiger partial charge in [0, 0.05) is 18.8 Å². The number of hydrogen-bond donors (Lipinski definition) is 0. The minimum Gasteiger partial charge on any atom is -0.546 e. The van der Waals surface area contributed by atoms with Crippen LogP contribution in [-0.2, 0) is 13.3 Å². The van der Waals surface area contributed by atoms with Crippen LogP contribution in [-0.4, -0.2) is 36.7 Å². The molecule has 0 fully saturated rings. The number of unbranched alkanes of at least 4 members (excludes halogenated alkanes) is 1. The molecular weight excluding hydrogens is 517 g/mol. The smallest absolute Gasteiger partial charge is 0.250 e. The van der Waals surface area contributed by atoms with E-state index in [1.54, 1.807) is 0 Å². The molecule has 0 N–H and O–H groups in total. The third kappa shape index (κ3) is 10.1. The summed E-state index contributed by atoms with van der Waals surface area (Å²) in [6, 6.07) is 3.44. The van der Waals surface area contributed by atoms with Gasteiger partial charge in [-0.3, -0.25) is 0 Å². The van der Waals surface area contributed by atoms with Crippen LogP contribution < -0.4 is 0 Å². The summed E-state index contributed by atoms with van der Waals surface area (Å²) < 4.78 is 20.9. The van der Waals surface area contributed by atoms with Gasteiger partial charge in [-0.1, -0.05) is 73.5 Å². The highest BCUT2D eigenvalue weighted by Gasteiger charge is 2.45. The molecule has 38 heavy (non-hydrogen) atoms. The van der Waals surface area contributed by atoms with Crippen LogP contribution in [0.15, 0.2) is 23.5 Å². The number of rotatable bonds is 16. The summed E-state index contributed by atoms with van der Waals surface area (Å²) >= 11 is 0. The number of terminal acetylenes is 1. The number of hydrogen-bond acceptors (Lipinski definition) is 3. The first-order chi connectivity index (χ1) is 17.4. The van der Waals surface area contributed by atoms with Crippen molar-refractivity contribution in [1.82, 2.24) is 0 Å². The lowest BCUT2D eigenvalue weighted by Crippen LogP contribution is -2.42. The van der Waals surface area contributed by atoms with Crippen molar-refractivity contribution < 1.29 is 13.3 Å². The van der Waals surface area contributed by atoms with Gasteiger partial charge in [0.15, 0.2) is 16.6 Å². The van der Waals surface area contributed by atoms with Gasteiger partial charge in [0.2, 0.25) is 8.32 Å². The Morgan fingerprint density at radius 2 is 1.55 bits per heavy atom. The van der Waals surface area contributed by atoms with E-state index >= 15 is 0 Å². The first-order valence-electron chi connectivity index (χ1n) is 15.3. The van der Waals surface area contributed by atoms with E-state index in [4.69, 9.17) is 19.7 Å². The normalized spacial score (nSPS) is 21.2. The third-order valence-corrected chi connectivity index (χ3v) is 19.0. The van der Waals surface area contributed by atoms with Crippen LogP contribution in [0.2, 0.25) is 55.9 Å². The molecule has 0 saturated heterocycles. The second kappa shape index (κ2) is 14.3. The summed E-state index contributed by atoms with van der Waals surface area (Å²) in [6.07, 6.45) is 16.7. The van der Waals surface area contributed by atoms with Gasteiger partial charge in [0.25, 0.3) is 0 Å². The van der Waals surface area contributed by atoms with Crippen molar-refractivity contribution in [3.8, 4) is 12.3 Å². The maximum absolute atomic E-state index is 7.18. The molecule has 0 aromatic rings. The van der Waals surface area contributed by atoms with Gasteiger partial charge >= 0.3 is 0 Å². The molecule has 0 bridgehead atoms. The molecule has 0 aromatic carbocycles. The van der Waals surface area contributed by atoms with Crippen LogP contribution in [0.25, 0.3) is 0 Å². The molecule has 1 aliphatic carbocycles. The van der Waals surface area contributed by atoms with Crippen molar-refractivity contribution in [1.29, 1.82) is 0 Å². The largest absolute Gasteiger partial charge is 0.546 e. The summed E-state index contributed by atoms with van der Waals surface area (Å²) in [4.78, 5) is 0. The van der Waals surface area contributed by atoms with Crippen LogP contribution >= 0.6 is 0 Å². The molecule has 3 unspecified atom stereocenters. The molecule has 3 atom stereocenters. The zero-order valence-corrected chi connectivity index (χ0v) is 30.5. The average molecular weight is 579 g/mol. The van der Waals surface area contributed by atoms with E-state index in [0.717, 1.165) is 43.2 Å². The molecule has 6 heteroatoms. The van der Waals surface area contributed by atoms with E-state index in [-0.39, 0.29) is 22.7 Å². The first-order valence-corrected chi connectivity index (χ1v) is 24.2. The van der Waals surface area contributed by atoms with Gasteiger partial charge in [0.05, 0.1) is 17.5 Å². The van der Waals surface area contributed by atoms with Gasteiger partial charge in [-0.2, -0.15) is 0 Å². The van der Waals surface area contributed by atoms with E-state index in [1.165, 1.54) is 18.4 Å². The predicted molar refractivity (Wildman–Crippen MR) is 175 cm³/mol. The maximum atomic E-state index is 7.18. The van der Waals surface area contributed by atoms with Crippen LogP contribution in [0.3, 0.4) is 0 Å². The lowest BCUT2D eigenvalue weighted by molar-refractivity contribution is 0.0712. The average Bonchev–Trinajstić information content (AvgIpc) is 3.09. The van der Waals surface area contributed by atoms with Gasteiger partial charge in [-0.15, -0.1) is 12.3 Å². The third-order valence-electron chi connectivity index (χ3n) is 8.86. The highest BCUT2D eigenvalue weighted by atomic mass is 28.4. The minimum atomic E-state index is -2.00. The van der Waals surface area contributed by atoms with Crippen molar-refractivity contribution in [2.75, 3.05) is 0 Å². The Morgan fingerprint density at radius 1 is 0.974 bits per heavy atom. The molecule has 0 aromatic heterocycles. The van der Waals surface area contributed by atoms with Crippen LogP contribution in [0, 0.1) is 18.3 Å². The molecule has 0 spiro atoms. The summed E-state index contributed by atoms with van der Waals surface area (Å²) in [7, 11) is -5.47. The second-order valence-corrected chi connectivity index (χ2v) is 28.1. The Hall–Kier alpha value is -0.589. The summed E-state index contributed by atoms with van der Waals surface area (Å²) in [5, 5.41) is 0.134. The predicted octanol–water partition coefficient (Wildman–Crippen LogP) is 10.4. The fraction of sp³-hybridized carbons (Fsp3) is 0.812. The van der Waals surface area contributed by atoms with E-state index in [2.05, 4.69) is 106 Å². The van der Waals surface area contributed by atoms with E-state index in [9.17, 15) is 0 Å².